The summed E-state index contributed by atoms with van der Waals surface area (Å²) < 4.78 is 19.5. The molecule has 0 unspecified atom stereocenters. The van der Waals surface area contributed by atoms with Crippen LogP contribution in [0.15, 0.2) is 47.3 Å². The van der Waals surface area contributed by atoms with Gasteiger partial charge in [0.05, 0.1) is 17.3 Å². The molecule has 27 heavy (non-hydrogen) atoms. The number of nitriles is 1. The Morgan fingerprint density at radius 1 is 1.37 bits per heavy atom. The van der Waals surface area contributed by atoms with Crippen LogP contribution in [0.3, 0.4) is 0 Å². The maximum absolute atomic E-state index is 14.4. The van der Waals surface area contributed by atoms with E-state index >= 15 is 0 Å². The number of rotatable bonds is 4. The standard InChI is InChI=1S/C19H14FN5O2/c1-10-2-3-11(7-21)17(20)16(10)19(26)25-12-4-5-14(22)13(6-12)18(23)15-8-24-9-27-15/h2-6,8-9,23H,22H2,1H3,(H,25,26). The van der Waals surface area contributed by atoms with Crippen LogP contribution in [0.4, 0.5) is 15.8 Å². The van der Waals surface area contributed by atoms with E-state index < -0.39 is 11.7 Å². The second-order valence-electron chi connectivity index (χ2n) is 5.73. The number of aromatic nitrogens is 1. The number of halogens is 1. The molecule has 4 N–H and O–H groups in total. The van der Waals surface area contributed by atoms with Gasteiger partial charge >= 0.3 is 0 Å². The van der Waals surface area contributed by atoms with Crippen molar-refractivity contribution in [2.24, 2.45) is 0 Å². The minimum atomic E-state index is -0.875. The van der Waals surface area contributed by atoms with Crippen LogP contribution in [0.5, 0.6) is 0 Å². The third-order valence-corrected chi connectivity index (χ3v) is 3.96. The highest BCUT2D eigenvalue weighted by Crippen LogP contribution is 2.23. The van der Waals surface area contributed by atoms with E-state index in [2.05, 4.69) is 10.3 Å². The molecule has 134 valence electrons. The van der Waals surface area contributed by atoms with Crippen LogP contribution in [0, 0.1) is 29.5 Å². The fraction of sp³-hybridized carbons (Fsp3) is 0.0526. The molecule has 7 nitrogen and oxygen atoms in total. The third-order valence-electron chi connectivity index (χ3n) is 3.96. The van der Waals surface area contributed by atoms with E-state index in [0.29, 0.717) is 22.5 Å². The van der Waals surface area contributed by atoms with Crippen LogP contribution in [0.1, 0.15) is 32.8 Å². The maximum atomic E-state index is 14.4. The Hall–Kier alpha value is -3.99. The summed E-state index contributed by atoms with van der Waals surface area (Å²) in [5.41, 5.74) is 6.83. The summed E-state index contributed by atoms with van der Waals surface area (Å²) >= 11 is 0. The summed E-state index contributed by atoms with van der Waals surface area (Å²) in [6.45, 7) is 1.58. The minimum Gasteiger partial charge on any atom is -0.442 e. The van der Waals surface area contributed by atoms with Gasteiger partial charge in [0.2, 0.25) is 0 Å². The second kappa shape index (κ2) is 7.09. The molecule has 8 heteroatoms. The fourth-order valence-corrected chi connectivity index (χ4v) is 2.55. The molecule has 0 saturated carbocycles. The molecular weight excluding hydrogens is 349 g/mol. The van der Waals surface area contributed by atoms with Gasteiger partial charge in [-0.1, -0.05) is 6.07 Å². The highest BCUT2D eigenvalue weighted by atomic mass is 19.1. The Balaban J connectivity index is 1.93. The highest BCUT2D eigenvalue weighted by Gasteiger charge is 2.19. The number of nitrogen functional groups attached to an aromatic ring is 1. The van der Waals surface area contributed by atoms with Crippen molar-refractivity contribution < 1.29 is 13.6 Å². The second-order valence-corrected chi connectivity index (χ2v) is 5.73. The molecule has 0 bridgehead atoms. The Bertz CT molecular complexity index is 1080. The molecule has 3 aromatic rings. The minimum absolute atomic E-state index is 0.00469. The van der Waals surface area contributed by atoms with Gasteiger partial charge in [0.25, 0.3) is 5.91 Å². The van der Waals surface area contributed by atoms with E-state index in [4.69, 9.17) is 20.8 Å². The molecule has 1 heterocycles. The molecule has 1 amide bonds. The molecule has 0 atom stereocenters. The summed E-state index contributed by atoms with van der Waals surface area (Å²) in [6, 6.07) is 9.08. The van der Waals surface area contributed by atoms with Crippen molar-refractivity contribution in [1.29, 1.82) is 10.7 Å². The predicted octanol–water partition coefficient (Wildman–Crippen LogP) is 3.24. The van der Waals surface area contributed by atoms with Crippen molar-refractivity contribution in [2.45, 2.75) is 6.92 Å². The number of amides is 1. The van der Waals surface area contributed by atoms with E-state index in [1.54, 1.807) is 13.0 Å². The largest absolute Gasteiger partial charge is 0.442 e. The maximum Gasteiger partial charge on any atom is 0.258 e. The lowest BCUT2D eigenvalue weighted by atomic mass is 10.0. The number of carbonyl (C=O) groups is 1. The average molecular weight is 363 g/mol. The van der Waals surface area contributed by atoms with Crippen molar-refractivity contribution in [3.8, 4) is 6.07 Å². The van der Waals surface area contributed by atoms with Gasteiger partial charge in [-0.3, -0.25) is 10.2 Å². The number of carbonyl (C=O) groups excluding carboxylic acids is 1. The number of aryl methyl sites for hydroxylation is 1. The zero-order valence-corrected chi connectivity index (χ0v) is 14.2. The van der Waals surface area contributed by atoms with Crippen molar-refractivity contribution in [1.82, 2.24) is 4.98 Å². The topological polar surface area (TPSA) is 129 Å². The molecule has 2 aromatic carbocycles. The lowest BCUT2D eigenvalue weighted by molar-refractivity contribution is 0.102. The number of nitrogens with one attached hydrogen (secondary N) is 2. The number of anilines is 2. The van der Waals surface area contributed by atoms with Gasteiger partial charge in [-0.2, -0.15) is 5.26 Å². The predicted molar refractivity (Wildman–Crippen MR) is 97.1 cm³/mol. The molecule has 0 fully saturated rings. The average Bonchev–Trinajstić information content (AvgIpc) is 3.17. The fourth-order valence-electron chi connectivity index (χ4n) is 2.55. The summed E-state index contributed by atoms with van der Waals surface area (Å²) in [6.07, 6.45) is 2.57. The first-order valence-electron chi connectivity index (χ1n) is 7.80. The number of hydrogen-bond acceptors (Lipinski definition) is 6. The number of nitrogens with two attached hydrogens (primary N) is 1. The van der Waals surface area contributed by atoms with Crippen LogP contribution in [0.2, 0.25) is 0 Å². The van der Waals surface area contributed by atoms with Crippen LogP contribution in [-0.4, -0.2) is 16.6 Å². The summed E-state index contributed by atoms with van der Waals surface area (Å²) in [7, 11) is 0. The van der Waals surface area contributed by atoms with Gasteiger partial charge in [-0.05, 0) is 36.8 Å². The van der Waals surface area contributed by atoms with Gasteiger partial charge in [0.1, 0.15) is 11.8 Å². The van der Waals surface area contributed by atoms with Gasteiger partial charge in [0.15, 0.2) is 18.0 Å². The highest BCUT2D eigenvalue weighted by molar-refractivity contribution is 6.13. The lowest BCUT2D eigenvalue weighted by Crippen LogP contribution is -2.17. The molecule has 3 rings (SSSR count). The van der Waals surface area contributed by atoms with E-state index in [-0.39, 0.29) is 22.6 Å². The Morgan fingerprint density at radius 3 is 2.81 bits per heavy atom. The first-order valence-corrected chi connectivity index (χ1v) is 7.80. The first-order chi connectivity index (χ1) is 12.9. The molecule has 0 aliphatic rings. The van der Waals surface area contributed by atoms with E-state index in [1.807, 2.05) is 0 Å². The third kappa shape index (κ3) is 3.39. The Morgan fingerprint density at radius 2 is 2.15 bits per heavy atom. The monoisotopic (exact) mass is 363 g/mol. The van der Waals surface area contributed by atoms with Crippen LogP contribution >= 0.6 is 0 Å². The number of hydrogen-bond donors (Lipinski definition) is 3. The lowest BCUT2D eigenvalue weighted by Gasteiger charge is -2.12. The normalized spacial score (nSPS) is 10.3. The smallest absolute Gasteiger partial charge is 0.258 e. The molecule has 0 spiro atoms. The Kier molecular flexibility index (Phi) is 4.68. The SMILES string of the molecule is Cc1ccc(C#N)c(F)c1C(=O)Nc1ccc(N)c(C(=N)c2cnco2)c1. The molecule has 0 radical (unpaired) electrons. The van der Waals surface area contributed by atoms with Crippen molar-refractivity contribution in [3.05, 3.63) is 76.8 Å². The van der Waals surface area contributed by atoms with Gasteiger partial charge in [-0.25, -0.2) is 9.37 Å². The molecule has 0 aliphatic carbocycles. The first kappa shape index (κ1) is 17.8. The van der Waals surface area contributed by atoms with Crippen LogP contribution < -0.4 is 11.1 Å². The number of benzene rings is 2. The van der Waals surface area contributed by atoms with E-state index in [0.717, 1.165) is 0 Å². The van der Waals surface area contributed by atoms with Gasteiger partial charge in [0, 0.05) is 16.9 Å². The van der Waals surface area contributed by atoms with Crippen molar-refractivity contribution >= 4 is 23.0 Å². The molecular formula is C19H14FN5O2. The van der Waals surface area contributed by atoms with Crippen LogP contribution in [0.25, 0.3) is 0 Å². The summed E-state index contributed by atoms with van der Waals surface area (Å²) in [4.78, 5) is 16.3. The molecule has 0 saturated heterocycles. The number of oxazole rings is 1. The zero-order valence-electron chi connectivity index (χ0n) is 14.2. The van der Waals surface area contributed by atoms with Gasteiger partial charge < -0.3 is 15.5 Å². The zero-order chi connectivity index (χ0) is 19.6. The molecule has 0 aliphatic heterocycles. The number of nitrogens with zero attached hydrogens (tertiary/aromatic N) is 2. The summed E-state index contributed by atoms with van der Waals surface area (Å²) in [5.74, 6) is -1.36. The summed E-state index contributed by atoms with van der Waals surface area (Å²) in [5, 5.41) is 19.7. The van der Waals surface area contributed by atoms with Crippen LogP contribution in [-0.2, 0) is 0 Å². The van der Waals surface area contributed by atoms with E-state index in [1.165, 1.54) is 42.9 Å². The molecule has 1 aromatic heterocycles. The van der Waals surface area contributed by atoms with Gasteiger partial charge in [-0.15, -0.1) is 0 Å². The Labute approximate surface area is 153 Å². The van der Waals surface area contributed by atoms with E-state index in [9.17, 15) is 9.18 Å². The van der Waals surface area contributed by atoms with Crippen molar-refractivity contribution in [3.63, 3.8) is 0 Å². The van der Waals surface area contributed by atoms with Crippen molar-refractivity contribution in [2.75, 3.05) is 11.1 Å². The quantitative estimate of drug-likeness (QED) is 0.484.